The first-order valence-electron chi connectivity index (χ1n) is 7.65. The second-order valence-corrected chi connectivity index (χ2v) is 8.85. The highest BCUT2D eigenvalue weighted by Gasteiger charge is 2.44. The highest BCUT2D eigenvalue weighted by molar-refractivity contribution is 7.91. The second kappa shape index (κ2) is 5.28. The zero-order valence-corrected chi connectivity index (χ0v) is 12.7. The summed E-state index contributed by atoms with van der Waals surface area (Å²) in [7, 11) is -2.85. The lowest BCUT2D eigenvalue weighted by Crippen LogP contribution is -2.45. The van der Waals surface area contributed by atoms with Gasteiger partial charge < -0.3 is 0 Å². The lowest BCUT2D eigenvalue weighted by Gasteiger charge is -2.29. The summed E-state index contributed by atoms with van der Waals surface area (Å²) in [6.45, 7) is 1.49. The zero-order valence-electron chi connectivity index (χ0n) is 11.8. The molecule has 0 aromatic rings. The van der Waals surface area contributed by atoms with Crippen molar-refractivity contribution in [1.82, 2.24) is 10.2 Å². The third-order valence-electron chi connectivity index (χ3n) is 4.87. The van der Waals surface area contributed by atoms with Gasteiger partial charge in [-0.25, -0.2) is 8.42 Å². The minimum Gasteiger partial charge on any atom is -0.299 e. The summed E-state index contributed by atoms with van der Waals surface area (Å²) in [5.74, 6) is 0.596. The van der Waals surface area contributed by atoms with Crippen LogP contribution >= 0.6 is 0 Å². The molecular weight excluding hydrogens is 274 g/mol. The van der Waals surface area contributed by atoms with E-state index in [-0.39, 0.29) is 11.3 Å². The van der Waals surface area contributed by atoms with Crippen molar-refractivity contribution in [3.63, 3.8) is 0 Å². The maximum Gasteiger partial charge on any atom is 0.151 e. The van der Waals surface area contributed by atoms with Gasteiger partial charge >= 0.3 is 0 Å². The van der Waals surface area contributed by atoms with E-state index in [1.165, 1.54) is 12.8 Å². The monoisotopic (exact) mass is 297 g/mol. The van der Waals surface area contributed by atoms with Crippen LogP contribution in [0.1, 0.15) is 38.5 Å². The fraction of sp³-hybridized carbons (Fsp3) is 0.929. The summed E-state index contributed by atoms with van der Waals surface area (Å²) in [6.07, 6.45) is 5.86. The molecule has 2 aliphatic carbocycles. The van der Waals surface area contributed by atoms with Crippen LogP contribution in [-0.2, 0) is 9.84 Å². The number of hydrogen-bond donors (Lipinski definition) is 1. The van der Waals surface area contributed by atoms with E-state index in [9.17, 15) is 13.7 Å². The van der Waals surface area contributed by atoms with Crippen molar-refractivity contribution in [3.8, 4) is 6.07 Å². The molecular formula is C14H23N3O2S. The quantitative estimate of drug-likeness (QED) is 0.829. The van der Waals surface area contributed by atoms with Gasteiger partial charge in [-0.15, -0.1) is 0 Å². The summed E-state index contributed by atoms with van der Waals surface area (Å²) in [5.41, 5.74) is -0.364. The fourth-order valence-corrected chi connectivity index (χ4v) is 4.82. The number of nitrogens with one attached hydrogen (secondary N) is 1. The van der Waals surface area contributed by atoms with Crippen LogP contribution in [0.25, 0.3) is 0 Å². The van der Waals surface area contributed by atoms with Gasteiger partial charge in [0, 0.05) is 18.6 Å². The molecule has 0 amide bonds. The predicted octanol–water partition coefficient (Wildman–Crippen LogP) is 0.674. The molecule has 2 saturated carbocycles. The minimum atomic E-state index is -2.85. The van der Waals surface area contributed by atoms with Gasteiger partial charge in [-0.05, 0) is 45.1 Å². The Bertz CT molecular complexity index is 509. The Labute approximate surface area is 121 Å². The molecule has 0 bridgehead atoms. The van der Waals surface area contributed by atoms with Crippen molar-refractivity contribution in [1.29, 1.82) is 5.26 Å². The summed E-state index contributed by atoms with van der Waals surface area (Å²) in [4.78, 5) is 2.30. The van der Waals surface area contributed by atoms with Crippen molar-refractivity contribution in [2.24, 2.45) is 0 Å². The summed E-state index contributed by atoms with van der Waals surface area (Å²) >= 11 is 0. The smallest absolute Gasteiger partial charge is 0.151 e. The molecule has 3 rings (SSSR count). The Morgan fingerprint density at radius 2 is 2.00 bits per heavy atom. The Kier molecular flexibility index (Phi) is 3.78. The molecule has 0 aromatic carbocycles. The van der Waals surface area contributed by atoms with Crippen LogP contribution in [0.5, 0.6) is 0 Å². The summed E-state index contributed by atoms with van der Waals surface area (Å²) < 4.78 is 23.4. The number of hydrogen-bond acceptors (Lipinski definition) is 5. The molecule has 1 saturated heterocycles. The Balaban J connectivity index is 1.62. The maximum atomic E-state index is 11.7. The molecule has 3 aliphatic rings. The van der Waals surface area contributed by atoms with Crippen LogP contribution in [0.4, 0.5) is 0 Å². The lowest BCUT2D eigenvalue weighted by atomic mass is 9.99. The molecule has 0 aromatic heterocycles. The Morgan fingerprint density at radius 1 is 1.20 bits per heavy atom. The lowest BCUT2D eigenvalue weighted by molar-refractivity contribution is 0.206. The first-order chi connectivity index (χ1) is 9.52. The molecule has 1 heterocycles. The van der Waals surface area contributed by atoms with Gasteiger partial charge in [0.2, 0.25) is 0 Å². The molecule has 0 radical (unpaired) electrons. The molecule has 20 heavy (non-hydrogen) atoms. The normalized spacial score (nSPS) is 38.2. The highest BCUT2D eigenvalue weighted by Crippen LogP contribution is 2.36. The van der Waals surface area contributed by atoms with Crippen molar-refractivity contribution >= 4 is 9.84 Å². The largest absolute Gasteiger partial charge is 0.299 e. The maximum absolute atomic E-state index is 11.7. The molecule has 112 valence electrons. The van der Waals surface area contributed by atoms with Gasteiger partial charge in [0.1, 0.15) is 5.54 Å². The Morgan fingerprint density at radius 3 is 2.70 bits per heavy atom. The van der Waals surface area contributed by atoms with Crippen LogP contribution < -0.4 is 5.32 Å². The van der Waals surface area contributed by atoms with Gasteiger partial charge in [-0.1, -0.05) is 0 Å². The van der Waals surface area contributed by atoms with E-state index in [0.717, 1.165) is 32.2 Å². The number of nitrogens with zero attached hydrogens (tertiary/aromatic N) is 2. The first kappa shape index (κ1) is 14.3. The van der Waals surface area contributed by atoms with Crippen molar-refractivity contribution in [3.05, 3.63) is 0 Å². The fourth-order valence-electron chi connectivity index (χ4n) is 3.54. The first-order valence-corrected chi connectivity index (χ1v) is 9.48. The molecule has 5 nitrogen and oxygen atoms in total. The average molecular weight is 297 g/mol. The van der Waals surface area contributed by atoms with Crippen molar-refractivity contribution in [2.75, 3.05) is 24.6 Å². The van der Waals surface area contributed by atoms with Crippen LogP contribution in [0.2, 0.25) is 0 Å². The van der Waals surface area contributed by atoms with Gasteiger partial charge in [-0.2, -0.15) is 5.26 Å². The van der Waals surface area contributed by atoms with E-state index in [0.29, 0.717) is 24.4 Å². The minimum absolute atomic E-state index is 0.277. The van der Waals surface area contributed by atoms with Crippen LogP contribution in [0, 0.1) is 11.3 Å². The van der Waals surface area contributed by atoms with E-state index < -0.39 is 9.84 Å². The third kappa shape index (κ3) is 3.16. The van der Waals surface area contributed by atoms with Crippen LogP contribution in [0.3, 0.4) is 0 Å². The van der Waals surface area contributed by atoms with E-state index >= 15 is 0 Å². The summed E-state index contributed by atoms with van der Waals surface area (Å²) in [5, 5.41) is 13.0. The summed E-state index contributed by atoms with van der Waals surface area (Å²) in [6, 6.07) is 3.40. The van der Waals surface area contributed by atoms with E-state index in [1.54, 1.807) is 0 Å². The van der Waals surface area contributed by atoms with Crippen molar-refractivity contribution in [2.45, 2.75) is 56.1 Å². The molecule has 6 heteroatoms. The van der Waals surface area contributed by atoms with Gasteiger partial charge in [0.05, 0.1) is 17.6 Å². The molecule has 2 unspecified atom stereocenters. The third-order valence-corrected chi connectivity index (χ3v) is 6.58. The van der Waals surface area contributed by atoms with Gasteiger partial charge in [0.25, 0.3) is 0 Å². The van der Waals surface area contributed by atoms with E-state index in [1.807, 2.05) is 0 Å². The Hall–Kier alpha value is -0.640. The zero-order chi connectivity index (χ0) is 14.2. The SMILES string of the molecule is N#CC1(NC2CC2)CCC(N2CCCS(=O)(=O)CC2)C1. The molecule has 2 atom stereocenters. The standard InChI is InChI=1S/C14H23N3O2S/c15-11-14(16-12-2-3-12)5-4-13(10-14)17-6-1-8-20(18,19)9-7-17/h12-13,16H,1-10H2. The number of sulfone groups is 1. The molecule has 1 aliphatic heterocycles. The van der Waals surface area contributed by atoms with E-state index in [2.05, 4.69) is 16.3 Å². The predicted molar refractivity (Wildman–Crippen MR) is 77.0 cm³/mol. The second-order valence-electron chi connectivity index (χ2n) is 6.55. The number of nitriles is 1. The van der Waals surface area contributed by atoms with Gasteiger partial charge in [0.15, 0.2) is 9.84 Å². The topological polar surface area (TPSA) is 73.2 Å². The van der Waals surface area contributed by atoms with Gasteiger partial charge in [-0.3, -0.25) is 10.2 Å². The van der Waals surface area contributed by atoms with Crippen LogP contribution in [0.15, 0.2) is 0 Å². The number of rotatable bonds is 3. The van der Waals surface area contributed by atoms with Crippen LogP contribution in [-0.4, -0.2) is 55.5 Å². The molecule has 1 N–H and O–H groups in total. The molecule has 3 fully saturated rings. The molecule has 0 spiro atoms. The highest BCUT2D eigenvalue weighted by atomic mass is 32.2. The van der Waals surface area contributed by atoms with Crippen molar-refractivity contribution < 1.29 is 8.42 Å². The average Bonchev–Trinajstić information content (AvgIpc) is 3.14. The van der Waals surface area contributed by atoms with E-state index in [4.69, 9.17) is 0 Å².